The average molecular weight is 473 g/mol. The van der Waals surface area contributed by atoms with E-state index in [1.54, 1.807) is 0 Å². The van der Waals surface area contributed by atoms with Crippen LogP contribution in [0.15, 0.2) is 66.7 Å². The first kappa shape index (κ1) is 25.7. The lowest BCUT2D eigenvalue weighted by atomic mass is 9.68. The van der Waals surface area contributed by atoms with Gasteiger partial charge in [-0.25, -0.2) is 0 Å². The second kappa shape index (κ2) is 13.1. The van der Waals surface area contributed by atoms with E-state index in [2.05, 4.69) is 68.5 Å². The van der Waals surface area contributed by atoms with E-state index in [1.165, 1.54) is 56.1 Å². The number of hydrogen-bond donors (Lipinski definition) is 0. The van der Waals surface area contributed by atoms with E-state index in [1.807, 2.05) is 12.1 Å². The number of carbonyl (C=O) groups excluding carboxylic acids is 1. The minimum atomic E-state index is -0.0243. The van der Waals surface area contributed by atoms with Crippen LogP contribution in [0.5, 0.6) is 5.75 Å². The Bertz CT molecular complexity index is 913. The summed E-state index contributed by atoms with van der Waals surface area (Å²) in [6.45, 7) is 4.44. The molecule has 2 aliphatic carbocycles. The Labute approximate surface area is 213 Å². The number of ether oxygens (including phenoxy) is 1. The van der Waals surface area contributed by atoms with E-state index in [-0.39, 0.29) is 11.9 Å². The van der Waals surface area contributed by atoms with Crippen molar-refractivity contribution in [2.24, 2.45) is 23.7 Å². The van der Waals surface area contributed by atoms with Crippen LogP contribution in [-0.4, -0.2) is 5.97 Å². The minimum Gasteiger partial charge on any atom is -0.426 e. The SMILES string of the molecule is CC=CCCc1ccc(OC(=O)C2CCC(C3CCC(C[C@@H](C)c4ccccc4)CC3)CC2)cc1. The van der Waals surface area contributed by atoms with E-state index >= 15 is 0 Å². The predicted octanol–water partition coefficient (Wildman–Crippen LogP) is 8.91. The highest BCUT2D eigenvalue weighted by Crippen LogP contribution is 2.43. The molecule has 0 radical (unpaired) electrons. The molecule has 2 fully saturated rings. The molecule has 2 aromatic rings. The highest BCUT2D eigenvalue weighted by atomic mass is 16.5. The Morgan fingerprint density at radius 3 is 2.14 bits per heavy atom. The van der Waals surface area contributed by atoms with Gasteiger partial charge in [-0.05, 0) is 112 Å². The van der Waals surface area contributed by atoms with Gasteiger partial charge >= 0.3 is 5.97 Å². The fraction of sp³-hybridized carbons (Fsp3) is 0.545. The summed E-state index contributed by atoms with van der Waals surface area (Å²) in [5.41, 5.74) is 2.77. The Balaban J connectivity index is 1.16. The van der Waals surface area contributed by atoms with Crippen molar-refractivity contribution < 1.29 is 9.53 Å². The van der Waals surface area contributed by atoms with E-state index in [0.29, 0.717) is 11.7 Å². The molecule has 0 N–H and O–H groups in total. The molecule has 4 rings (SSSR count). The van der Waals surface area contributed by atoms with Gasteiger partial charge in [0.2, 0.25) is 0 Å². The van der Waals surface area contributed by atoms with Gasteiger partial charge in [0.05, 0.1) is 5.92 Å². The van der Waals surface area contributed by atoms with Crippen LogP contribution in [0.3, 0.4) is 0 Å². The number of rotatable bonds is 9. The van der Waals surface area contributed by atoms with Crippen molar-refractivity contribution in [3.8, 4) is 5.75 Å². The van der Waals surface area contributed by atoms with Crippen molar-refractivity contribution in [3.63, 3.8) is 0 Å². The maximum Gasteiger partial charge on any atom is 0.314 e. The largest absolute Gasteiger partial charge is 0.426 e. The van der Waals surface area contributed by atoms with Crippen molar-refractivity contribution in [3.05, 3.63) is 77.9 Å². The fourth-order valence-corrected chi connectivity index (χ4v) is 6.48. The molecule has 2 nitrogen and oxygen atoms in total. The maximum absolute atomic E-state index is 12.8. The predicted molar refractivity (Wildman–Crippen MR) is 146 cm³/mol. The zero-order chi connectivity index (χ0) is 24.5. The Morgan fingerprint density at radius 2 is 1.51 bits per heavy atom. The quantitative estimate of drug-likeness (QED) is 0.207. The van der Waals surface area contributed by atoms with Crippen LogP contribution >= 0.6 is 0 Å². The molecule has 0 heterocycles. The first-order chi connectivity index (χ1) is 17.1. The molecule has 0 spiro atoms. The van der Waals surface area contributed by atoms with Gasteiger partial charge in [0.15, 0.2) is 0 Å². The second-order valence-corrected chi connectivity index (χ2v) is 11.1. The van der Waals surface area contributed by atoms with Crippen LogP contribution < -0.4 is 4.74 Å². The lowest BCUT2D eigenvalue weighted by molar-refractivity contribution is -0.140. The van der Waals surface area contributed by atoms with E-state index in [9.17, 15) is 4.79 Å². The molecule has 2 aromatic carbocycles. The molecule has 0 saturated heterocycles. The summed E-state index contributed by atoms with van der Waals surface area (Å²) in [5.74, 6) is 3.95. The molecule has 0 bridgehead atoms. The van der Waals surface area contributed by atoms with Gasteiger partial charge in [-0.1, -0.05) is 74.4 Å². The number of benzene rings is 2. The molecule has 1 atom stereocenters. The van der Waals surface area contributed by atoms with Gasteiger partial charge in [-0.2, -0.15) is 0 Å². The first-order valence-electron chi connectivity index (χ1n) is 14.1. The highest BCUT2D eigenvalue weighted by molar-refractivity contribution is 5.75. The summed E-state index contributed by atoms with van der Waals surface area (Å²) in [6.07, 6.45) is 17.6. The van der Waals surface area contributed by atoms with Crippen LogP contribution in [0.25, 0.3) is 0 Å². The molecular formula is C33H44O2. The molecule has 2 saturated carbocycles. The number of aryl methyl sites for hydroxylation is 1. The van der Waals surface area contributed by atoms with Crippen LogP contribution in [-0.2, 0) is 11.2 Å². The van der Waals surface area contributed by atoms with Gasteiger partial charge in [0, 0.05) is 0 Å². The summed E-state index contributed by atoms with van der Waals surface area (Å²) in [4.78, 5) is 12.8. The number of allylic oxidation sites excluding steroid dienone is 2. The van der Waals surface area contributed by atoms with Gasteiger partial charge < -0.3 is 4.74 Å². The monoisotopic (exact) mass is 472 g/mol. The fourth-order valence-electron chi connectivity index (χ4n) is 6.48. The minimum absolute atomic E-state index is 0.0243. The summed E-state index contributed by atoms with van der Waals surface area (Å²) >= 11 is 0. The number of carbonyl (C=O) groups is 1. The lowest BCUT2D eigenvalue weighted by Gasteiger charge is -2.38. The zero-order valence-corrected chi connectivity index (χ0v) is 21.8. The van der Waals surface area contributed by atoms with Crippen molar-refractivity contribution in [1.29, 1.82) is 0 Å². The second-order valence-electron chi connectivity index (χ2n) is 11.1. The Hall–Kier alpha value is -2.35. The summed E-state index contributed by atoms with van der Waals surface area (Å²) < 4.78 is 5.75. The van der Waals surface area contributed by atoms with Gasteiger partial charge in [0.1, 0.15) is 5.75 Å². The number of hydrogen-bond acceptors (Lipinski definition) is 2. The molecule has 0 amide bonds. The average Bonchev–Trinajstić information content (AvgIpc) is 2.91. The van der Waals surface area contributed by atoms with Crippen LogP contribution in [0, 0.1) is 23.7 Å². The van der Waals surface area contributed by atoms with Crippen molar-refractivity contribution in [2.45, 2.75) is 90.4 Å². The first-order valence-corrected chi connectivity index (χ1v) is 14.1. The van der Waals surface area contributed by atoms with Crippen molar-refractivity contribution >= 4 is 5.97 Å². The van der Waals surface area contributed by atoms with Crippen molar-refractivity contribution in [2.75, 3.05) is 0 Å². The maximum atomic E-state index is 12.8. The summed E-state index contributed by atoms with van der Waals surface area (Å²) in [6, 6.07) is 19.1. The molecule has 188 valence electrons. The molecule has 0 aromatic heterocycles. The molecule has 0 aliphatic heterocycles. The Kier molecular flexibility index (Phi) is 9.63. The summed E-state index contributed by atoms with van der Waals surface area (Å²) in [7, 11) is 0. The molecular weight excluding hydrogens is 428 g/mol. The third kappa shape index (κ3) is 7.56. The Morgan fingerprint density at radius 1 is 0.886 bits per heavy atom. The van der Waals surface area contributed by atoms with Gasteiger partial charge in [-0.3, -0.25) is 4.79 Å². The van der Waals surface area contributed by atoms with E-state index in [4.69, 9.17) is 4.74 Å². The van der Waals surface area contributed by atoms with Gasteiger partial charge in [0.25, 0.3) is 0 Å². The normalized spacial score (nSPS) is 25.9. The summed E-state index contributed by atoms with van der Waals surface area (Å²) in [5, 5.41) is 0. The van der Waals surface area contributed by atoms with E-state index in [0.717, 1.165) is 43.4 Å². The molecule has 35 heavy (non-hydrogen) atoms. The smallest absolute Gasteiger partial charge is 0.314 e. The highest BCUT2D eigenvalue weighted by Gasteiger charge is 2.34. The van der Waals surface area contributed by atoms with Crippen molar-refractivity contribution in [1.82, 2.24) is 0 Å². The van der Waals surface area contributed by atoms with Crippen LogP contribution in [0.1, 0.15) is 95.1 Å². The molecule has 2 heteroatoms. The number of esters is 1. The topological polar surface area (TPSA) is 26.3 Å². The molecule has 2 aliphatic rings. The third-order valence-corrected chi connectivity index (χ3v) is 8.70. The molecule has 0 unspecified atom stereocenters. The zero-order valence-electron chi connectivity index (χ0n) is 21.8. The van der Waals surface area contributed by atoms with Gasteiger partial charge in [-0.15, -0.1) is 0 Å². The standard InChI is InChI=1S/C33H44O2/c1-3-4-6-9-26-14-22-32(23-15-26)35-33(34)31-20-18-30(19-21-31)29-16-12-27(13-17-29)24-25(2)28-10-7-5-8-11-28/h3-5,7-8,10-11,14-15,22-23,25,27,29-31H,6,9,12-13,16-21,24H2,1-2H3/t25-,27?,29?,30?,31?/m1/s1. The lowest BCUT2D eigenvalue weighted by Crippen LogP contribution is -2.30. The van der Waals surface area contributed by atoms with E-state index < -0.39 is 0 Å². The van der Waals surface area contributed by atoms with Crippen LogP contribution in [0.2, 0.25) is 0 Å². The third-order valence-electron chi connectivity index (χ3n) is 8.70. The van der Waals surface area contributed by atoms with Crippen LogP contribution in [0.4, 0.5) is 0 Å².